The molecule has 142 valence electrons. The third kappa shape index (κ3) is 1.71. The molecule has 8 aliphatic rings. The Balaban J connectivity index is 1.24. The molecule has 2 heterocycles. The molecule has 0 N–H and O–H groups in total. The number of hydrogen-bond acceptors (Lipinski definition) is 4. The van der Waals surface area contributed by atoms with Gasteiger partial charge >= 0.3 is 14.0 Å². The maximum atomic E-state index is 6.60. The fraction of sp³-hybridized carbons (Fsp3) is 1.00. The van der Waals surface area contributed by atoms with Crippen molar-refractivity contribution >= 4 is 14.0 Å². The van der Waals surface area contributed by atoms with Gasteiger partial charge in [0.05, 0.1) is 23.4 Å². The van der Waals surface area contributed by atoms with Crippen LogP contribution in [0.25, 0.3) is 0 Å². The Bertz CT molecular complexity index is 612. The summed E-state index contributed by atoms with van der Waals surface area (Å²) in [4.78, 5) is 0. The van der Waals surface area contributed by atoms with E-state index >= 15 is 0 Å². The Morgan fingerprint density at radius 2 is 1.00 bits per heavy atom. The molecule has 6 heteroatoms. The van der Waals surface area contributed by atoms with E-state index in [1.807, 2.05) is 0 Å². The highest BCUT2D eigenvalue weighted by Crippen LogP contribution is 2.67. The van der Waals surface area contributed by atoms with Crippen molar-refractivity contribution in [3.63, 3.8) is 0 Å². The zero-order valence-corrected chi connectivity index (χ0v) is 17.1. The second-order valence-electron chi connectivity index (χ2n) is 11.7. The summed E-state index contributed by atoms with van der Waals surface area (Å²) in [5, 5.41) is 0. The number of rotatable bonds is 1. The van der Waals surface area contributed by atoms with Crippen LogP contribution in [0, 0.1) is 34.5 Å². The highest BCUT2D eigenvalue weighted by molar-refractivity contribution is 7.11. The monoisotopic (exact) mass is 358 g/mol. The molecule has 0 amide bonds. The lowest BCUT2D eigenvalue weighted by atomic mass is 9.43. The van der Waals surface area contributed by atoms with Crippen LogP contribution in [-0.4, -0.2) is 37.4 Å². The summed E-state index contributed by atoms with van der Waals surface area (Å²) in [5.74, 6) is 2.70. The van der Waals surface area contributed by atoms with Gasteiger partial charge in [-0.25, -0.2) is 0 Å². The Kier molecular flexibility index (Phi) is 2.97. The Labute approximate surface area is 158 Å². The van der Waals surface area contributed by atoms with Gasteiger partial charge in [-0.1, -0.05) is 27.7 Å². The van der Waals surface area contributed by atoms with Crippen LogP contribution in [0.5, 0.6) is 0 Å². The van der Waals surface area contributed by atoms with Crippen LogP contribution in [0.2, 0.25) is 0 Å². The van der Waals surface area contributed by atoms with Crippen molar-refractivity contribution in [3.05, 3.63) is 0 Å². The van der Waals surface area contributed by atoms with Crippen molar-refractivity contribution in [2.24, 2.45) is 34.5 Å². The lowest BCUT2D eigenvalue weighted by Gasteiger charge is -2.64. The summed E-state index contributed by atoms with van der Waals surface area (Å²) in [6.45, 7) is 14.1. The minimum absolute atomic E-state index is 0.189. The maximum absolute atomic E-state index is 6.60. The van der Waals surface area contributed by atoms with E-state index in [1.165, 1.54) is 12.8 Å². The average molecular weight is 358 g/mol. The second kappa shape index (κ2) is 4.58. The molecular weight excluding hydrogens is 326 g/mol. The zero-order valence-electron chi connectivity index (χ0n) is 17.1. The van der Waals surface area contributed by atoms with E-state index in [1.54, 1.807) is 0 Å². The van der Waals surface area contributed by atoms with Gasteiger partial charge in [-0.3, -0.25) is 0 Å². The molecule has 2 saturated heterocycles. The highest BCUT2D eigenvalue weighted by atomic mass is 16.7. The quantitative estimate of drug-likeness (QED) is 0.673. The second-order valence-corrected chi connectivity index (χ2v) is 11.7. The van der Waals surface area contributed by atoms with Crippen molar-refractivity contribution in [1.82, 2.24) is 0 Å². The molecule has 26 heavy (non-hydrogen) atoms. The van der Waals surface area contributed by atoms with Gasteiger partial charge in [0.1, 0.15) is 0 Å². The summed E-state index contributed by atoms with van der Waals surface area (Å²) in [6.07, 6.45) is 5.17. The Morgan fingerprint density at radius 3 is 1.35 bits per heavy atom. The molecule has 4 nitrogen and oxygen atoms in total. The summed E-state index contributed by atoms with van der Waals surface area (Å²) < 4.78 is 26.1. The zero-order chi connectivity index (χ0) is 18.3. The molecular formula is C20H32B2O4. The standard InChI is InChI=1S/C20H32B2O4/c1-17(2)11-7-13(17)19(5)15(9-11)23-21(25-19)22-24-16-10-12-8-14(18(12,3)4)20(16,6)26-22/h11-16H,7-10H2,1-6H3/t11-,12-,13-,14-,15?,16?,19-,20-/m0/s1. The van der Waals surface area contributed by atoms with E-state index in [-0.39, 0.29) is 37.4 Å². The van der Waals surface area contributed by atoms with Crippen molar-refractivity contribution in [1.29, 1.82) is 0 Å². The molecule has 0 aromatic rings. The maximum Gasteiger partial charge on any atom is 0.488 e. The van der Waals surface area contributed by atoms with E-state index in [9.17, 15) is 0 Å². The molecule has 0 radical (unpaired) electrons. The molecule has 8 rings (SSSR count). The molecule has 2 unspecified atom stereocenters. The topological polar surface area (TPSA) is 36.9 Å². The minimum Gasteiger partial charge on any atom is -0.407 e. The minimum atomic E-state index is -0.372. The van der Waals surface area contributed by atoms with Gasteiger partial charge in [-0.05, 0) is 74.0 Å². The van der Waals surface area contributed by atoms with Crippen LogP contribution in [0.3, 0.4) is 0 Å². The van der Waals surface area contributed by atoms with E-state index in [0.29, 0.717) is 22.7 Å². The Hall–Kier alpha value is -0.0301. The van der Waals surface area contributed by atoms with Gasteiger partial charge < -0.3 is 18.6 Å². The molecule has 0 aromatic carbocycles. The summed E-state index contributed by atoms with van der Waals surface area (Å²) in [6, 6.07) is 0. The first-order valence-electron chi connectivity index (χ1n) is 10.7. The van der Waals surface area contributed by atoms with Crippen LogP contribution in [0.15, 0.2) is 0 Å². The fourth-order valence-electron chi connectivity index (χ4n) is 8.03. The molecule has 0 spiro atoms. The highest BCUT2D eigenvalue weighted by Gasteiger charge is 2.73. The third-order valence-corrected chi connectivity index (χ3v) is 10.2. The third-order valence-electron chi connectivity index (χ3n) is 10.2. The van der Waals surface area contributed by atoms with E-state index in [4.69, 9.17) is 18.6 Å². The van der Waals surface area contributed by atoms with E-state index in [2.05, 4.69) is 41.5 Å². The van der Waals surface area contributed by atoms with E-state index < -0.39 is 0 Å². The van der Waals surface area contributed by atoms with E-state index in [0.717, 1.165) is 24.7 Å². The van der Waals surface area contributed by atoms with Gasteiger partial charge in [-0.2, -0.15) is 0 Å². The van der Waals surface area contributed by atoms with Gasteiger partial charge in [0.25, 0.3) is 0 Å². The molecule has 6 saturated carbocycles. The van der Waals surface area contributed by atoms with Crippen LogP contribution in [0.4, 0.5) is 0 Å². The first kappa shape index (κ1) is 16.9. The lowest BCUT2D eigenvalue weighted by molar-refractivity contribution is -0.200. The predicted molar refractivity (Wildman–Crippen MR) is 100 cm³/mol. The molecule has 2 aliphatic heterocycles. The normalized spacial score (nSPS) is 57.9. The first-order chi connectivity index (χ1) is 12.1. The van der Waals surface area contributed by atoms with Gasteiger partial charge in [-0.15, -0.1) is 0 Å². The summed E-state index contributed by atoms with van der Waals surface area (Å²) in [5.41, 5.74) is 0.357. The van der Waals surface area contributed by atoms with Crippen LogP contribution < -0.4 is 0 Å². The van der Waals surface area contributed by atoms with Crippen molar-refractivity contribution in [2.75, 3.05) is 0 Å². The smallest absolute Gasteiger partial charge is 0.407 e. The lowest BCUT2D eigenvalue weighted by Crippen LogP contribution is -2.65. The molecule has 0 aromatic heterocycles. The summed E-state index contributed by atoms with van der Waals surface area (Å²) in [7, 11) is -0.745. The molecule has 8 fully saturated rings. The van der Waals surface area contributed by atoms with Crippen LogP contribution >= 0.6 is 0 Å². The van der Waals surface area contributed by atoms with Crippen molar-refractivity contribution in [3.8, 4) is 0 Å². The fourth-order valence-corrected chi connectivity index (χ4v) is 8.03. The van der Waals surface area contributed by atoms with Gasteiger partial charge in [0.2, 0.25) is 0 Å². The largest absolute Gasteiger partial charge is 0.488 e. The number of hydrogen-bond donors (Lipinski definition) is 0. The van der Waals surface area contributed by atoms with Crippen LogP contribution in [0.1, 0.15) is 67.2 Å². The SMILES string of the molecule is CC1(C)[C@@H]2CC3OB(B4OC5C[C@@H]6C[C@@H](C6(C)C)[C@]5(C)O4)O[C@@]3(C)[C@H]1C2. The first-order valence-corrected chi connectivity index (χ1v) is 10.7. The predicted octanol–water partition coefficient (Wildman–Crippen LogP) is 3.52. The molecule has 4 bridgehead atoms. The van der Waals surface area contributed by atoms with Crippen molar-refractivity contribution in [2.45, 2.75) is 90.6 Å². The summed E-state index contributed by atoms with van der Waals surface area (Å²) >= 11 is 0. The van der Waals surface area contributed by atoms with Gasteiger partial charge in [0.15, 0.2) is 0 Å². The molecule has 8 atom stereocenters. The average Bonchev–Trinajstić information content (AvgIpc) is 3.09. The molecule has 6 aliphatic carbocycles. The van der Waals surface area contributed by atoms with Gasteiger partial charge in [0, 0.05) is 0 Å². The van der Waals surface area contributed by atoms with Crippen LogP contribution in [-0.2, 0) is 18.6 Å². The Morgan fingerprint density at radius 1 is 0.615 bits per heavy atom. The van der Waals surface area contributed by atoms with Crippen molar-refractivity contribution < 1.29 is 18.6 Å².